The van der Waals surface area contributed by atoms with Gasteiger partial charge in [0, 0.05) is 75.3 Å². The summed E-state index contributed by atoms with van der Waals surface area (Å²) >= 11 is 11.7. The van der Waals surface area contributed by atoms with Crippen molar-refractivity contribution in [3.63, 3.8) is 0 Å². The van der Waals surface area contributed by atoms with Gasteiger partial charge in [-0.15, -0.1) is 12.4 Å². The predicted octanol–water partition coefficient (Wildman–Crippen LogP) is 10.7. The molecule has 0 aromatic heterocycles. The molecule has 21 heteroatoms. The van der Waals surface area contributed by atoms with Crippen LogP contribution < -0.4 is 31.2 Å². The monoisotopic (exact) mass is 1170 g/mol. The maximum Gasteiger partial charge on any atom is 0.412 e. The summed E-state index contributed by atoms with van der Waals surface area (Å²) in [6.45, 7) is 10.7. The molecule has 6 rings (SSSR count). The third-order valence-corrected chi connectivity index (χ3v) is 12.2. The molecule has 0 unspecified atom stereocenters. The van der Waals surface area contributed by atoms with Gasteiger partial charge in [-0.2, -0.15) is 0 Å². The minimum absolute atomic E-state index is 0. The third-order valence-electron chi connectivity index (χ3n) is 11.7. The van der Waals surface area contributed by atoms with Crippen LogP contribution in [0.4, 0.5) is 9.59 Å². The summed E-state index contributed by atoms with van der Waals surface area (Å²) in [7, 11) is 3.11. The number of hydrogen-bond acceptors (Lipinski definition) is 14. The van der Waals surface area contributed by atoms with Gasteiger partial charge >= 0.3 is 24.1 Å². The molecule has 2 fully saturated rings. The first-order chi connectivity index (χ1) is 37.2. The molecule has 4 aromatic rings. The molecule has 4 amide bonds. The van der Waals surface area contributed by atoms with Crippen molar-refractivity contribution < 1.29 is 59.9 Å². The lowest BCUT2D eigenvalue weighted by atomic mass is 10.1. The van der Waals surface area contributed by atoms with E-state index in [1.165, 1.54) is 12.3 Å². The Kier molecular flexibility index (Phi) is 32.0. The van der Waals surface area contributed by atoms with E-state index in [1.807, 2.05) is 31.3 Å². The molecule has 0 saturated carbocycles. The molecular formula is C58H85Cl3N6O12. The van der Waals surface area contributed by atoms with E-state index in [-0.39, 0.29) is 51.2 Å². The number of likely N-dealkylation sites (tertiary alicyclic amines) is 2. The molecule has 0 aliphatic carbocycles. The van der Waals surface area contributed by atoms with Crippen molar-refractivity contribution in [2.45, 2.75) is 126 Å². The Labute approximate surface area is 487 Å². The fraction of sp³-hybridized carbons (Fsp3) is 0.483. The minimum atomic E-state index is -1.30. The number of carbonyl (C=O) groups is 6. The van der Waals surface area contributed by atoms with E-state index in [1.54, 1.807) is 112 Å². The summed E-state index contributed by atoms with van der Waals surface area (Å²) in [5.41, 5.74) is 6.36. The van der Waals surface area contributed by atoms with Crippen LogP contribution in [0.25, 0.3) is 0 Å². The molecule has 79 heavy (non-hydrogen) atoms. The second kappa shape index (κ2) is 36.8. The fourth-order valence-corrected chi connectivity index (χ4v) is 7.77. The van der Waals surface area contributed by atoms with Crippen LogP contribution in [-0.2, 0) is 41.4 Å². The number of likely N-dealkylation sites (N-methyl/N-ethyl adjacent to an activating group) is 1. The Morgan fingerprint density at radius 1 is 0.633 bits per heavy atom. The maximum absolute atomic E-state index is 12.5. The molecule has 0 radical (unpaired) electrons. The Morgan fingerprint density at radius 3 is 1.37 bits per heavy atom. The van der Waals surface area contributed by atoms with Crippen molar-refractivity contribution in [2.75, 3.05) is 59.9 Å². The van der Waals surface area contributed by atoms with Crippen molar-refractivity contribution in [1.29, 1.82) is 0 Å². The average Bonchev–Trinajstić information content (AvgIpc) is 3.43. The topological polar surface area (TPSA) is 226 Å². The van der Waals surface area contributed by atoms with E-state index in [4.69, 9.17) is 60.1 Å². The molecule has 18 nitrogen and oxygen atoms in total. The van der Waals surface area contributed by atoms with Gasteiger partial charge in [-0.3, -0.25) is 9.59 Å². The number of esters is 2. The second-order valence-electron chi connectivity index (χ2n) is 18.4. The van der Waals surface area contributed by atoms with Gasteiger partial charge in [0.05, 0.1) is 0 Å². The number of nitrogens with two attached hydrogens (primary N) is 1. The van der Waals surface area contributed by atoms with Crippen LogP contribution in [-0.4, -0.2) is 129 Å². The number of hydrogen-bond donors (Lipinski definition) is 4. The number of halogens is 3. The summed E-state index contributed by atoms with van der Waals surface area (Å²) in [5.74, 6) is -0.692. The molecule has 0 bridgehead atoms. The third kappa shape index (κ3) is 25.1. The molecule has 0 spiro atoms. The zero-order valence-corrected chi connectivity index (χ0v) is 47.4. The van der Waals surface area contributed by atoms with Gasteiger partial charge < -0.3 is 59.9 Å². The van der Waals surface area contributed by atoms with Crippen LogP contribution in [0.2, 0.25) is 10.0 Å². The van der Waals surface area contributed by atoms with Crippen molar-refractivity contribution in [3.8, 4) is 11.5 Å². The number of rotatable bonds is 19. The quantitative estimate of drug-likeness (QED) is 0.0506. The molecule has 2 saturated heterocycles. The SMILES string of the molecule is C.C.CC(C)(Oc1ccc(CCNC(=O)c2ccc(Cl)cc2)cc1)C(=O)OCOC(=O)N1CCC[C@@H](N)C1.CN[C@@H]1CCCN(C(=O)OCOC(=O)C(C)(C)Oc2ccc(CCNC(=O)c3ccc(Cl)cc3)cc2)C1.Cl.[2H]CC.[3H]C. The van der Waals surface area contributed by atoms with E-state index in [0.717, 1.165) is 36.8 Å². The van der Waals surface area contributed by atoms with Crippen molar-refractivity contribution in [3.05, 3.63) is 129 Å². The Bertz CT molecular complexity index is 2480. The normalized spacial score (nSPS) is 14.8. The first-order valence-corrected chi connectivity index (χ1v) is 25.5. The van der Waals surface area contributed by atoms with Crippen molar-refractivity contribution in [2.24, 2.45) is 5.73 Å². The molecule has 2 heterocycles. The highest BCUT2D eigenvalue weighted by atomic mass is 35.5. The van der Waals surface area contributed by atoms with Gasteiger partial charge in [0.1, 0.15) is 11.5 Å². The number of nitrogens with one attached hydrogen (secondary N) is 3. The zero-order valence-electron chi connectivity index (χ0n) is 47.0. The fourth-order valence-electron chi connectivity index (χ4n) is 7.52. The second-order valence-corrected chi connectivity index (χ2v) is 19.3. The van der Waals surface area contributed by atoms with Gasteiger partial charge in [-0.1, -0.05) is 83.5 Å². The van der Waals surface area contributed by atoms with Gasteiger partial charge in [0.15, 0.2) is 11.2 Å². The average molecular weight is 1170 g/mol. The van der Waals surface area contributed by atoms with E-state index in [2.05, 4.69) is 16.0 Å². The summed E-state index contributed by atoms with van der Waals surface area (Å²) in [6.07, 6.45) is 3.75. The number of benzene rings is 4. The summed E-state index contributed by atoms with van der Waals surface area (Å²) in [6, 6.07) is 28.0. The molecule has 440 valence electrons. The van der Waals surface area contributed by atoms with Gasteiger partial charge in [0.25, 0.3) is 11.8 Å². The van der Waals surface area contributed by atoms with Crippen LogP contribution in [0.5, 0.6) is 11.5 Å². The van der Waals surface area contributed by atoms with E-state index in [9.17, 15) is 28.8 Å². The molecule has 2 aliphatic heterocycles. The minimum Gasteiger partial charge on any atom is -0.476 e. The number of ether oxygens (including phenoxy) is 6. The number of amides is 4. The lowest BCUT2D eigenvalue weighted by molar-refractivity contribution is -0.169. The van der Waals surface area contributed by atoms with Crippen LogP contribution >= 0.6 is 35.6 Å². The van der Waals surface area contributed by atoms with Crippen LogP contribution in [0.15, 0.2) is 97.1 Å². The van der Waals surface area contributed by atoms with Gasteiger partial charge in [-0.25, -0.2) is 19.2 Å². The predicted molar refractivity (Wildman–Crippen MR) is 313 cm³/mol. The van der Waals surface area contributed by atoms with E-state index >= 15 is 0 Å². The Morgan fingerprint density at radius 2 is 1.00 bits per heavy atom. The Balaban J connectivity index is 0.00000142. The largest absolute Gasteiger partial charge is 0.476 e. The molecular weight excluding hydrogens is 1080 g/mol. The number of piperidine rings is 2. The van der Waals surface area contributed by atoms with Crippen molar-refractivity contribution in [1.82, 2.24) is 25.8 Å². The van der Waals surface area contributed by atoms with Crippen LogP contribution in [0.3, 0.4) is 0 Å². The lowest BCUT2D eigenvalue weighted by Crippen LogP contribution is -2.47. The standard InChI is InChI=1S/C27H34ClN3O6.C26H32ClN3O6.C2H6.3CH4.ClH/c1-27(2,25(33)35-18-36-26(34)31-16-4-5-22(17-31)29-3)37-23-12-6-19(7-13-23)14-15-30-24(32)20-8-10-21(28)11-9-20;1-26(2,24(32)34-17-35-25(33)30-15-3-4-21(28)16-30)36-22-11-5-18(6-12-22)13-14-29-23(31)19-7-9-20(27)10-8-19;1-2;;;;/h6-13,22,29H,4-5,14-18H2,1-3H3,(H,30,32);5-12,21H,3-4,13-17,28H2,1-2H3,(H,29,31);1-2H3;3*1H4;1H/t22-;21-;;;;;/m11...../s1/i;;1D;1T;;;. The molecule has 2 atom stereocenters. The first kappa shape index (κ1) is 68.8. The van der Waals surface area contributed by atoms with Crippen molar-refractivity contribution >= 4 is 71.5 Å². The summed E-state index contributed by atoms with van der Waals surface area (Å²) in [5, 5.41) is 10.1. The summed E-state index contributed by atoms with van der Waals surface area (Å²) in [4.78, 5) is 76.8. The molecule has 5 N–H and O–H groups in total. The maximum atomic E-state index is 12.5. The molecule has 4 aromatic carbocycles. The highest BCUT2D eigenvalue weighted by Crippen LogP contribution is 2.23. The van der Waals surface area contributed by atoms with E-state index in [0.29, 0.717) is 91.7 Å². The van der Waals surface area contributed by atoms with E-state index < -0.39 is 48.9 Å². The zero-order chi connectivity index (χ0) is 57.7. The van der Waals surface area contributed by atoms with Crippen LogP contribution in [0.1, 0.15) is 124 Å². The first-order valence-electron chi connectivity index (χ1n) is 26.5. The smallest absolute Gasteiger partial charge is 0.412 e. The highest BCUT2D eigenvalue weighted by molar-refractivity contribution is 6.31. The van der Waals surface area contributed by atoms with Gasteiger partial charge in [0.2, 0.25) is 13.6 Å². The lowest BCUT2D eigenvalue weighted by Gasteiger charge is -2.31. The highest BCUT2D eigenvalue weighted by Gasteiger charge is 2.34. The number of carbonyl (C=O) groups excluding carboxylic acids is 6. The summed E-state index contributed by atoms with van der Waals surface area (Å²) < 4.78 is 44.0. The van der Waals surface area contributed by atoms with Gasteiger partial charge in [-0.05, 0) is 157 Å². The Hall–Kier alpha value is -6.31. The number of nitrogens with zero attached hydrogens (tertiary/aromatic N) is 2. The van der Waals surface area contributed by atoms with Crippen LogP contribution in [0, 0.1) is 0 Å². The molecule has 2 aliphatic rings.